The van der Waals surface area contributed by atoms with Crippen molar-refractivity contribution in [3.05, 3.63) is 31.0 Å². The maximum Gasteiger partial charge on any atom is 0.219 e. The number of aromatic nitrogens is 5. The van der Waals surface area contributed by atoms with Gasteiger partial charge in [0.05, 0.1) is 29.1 Å². The zero-order valence-corrected chi connectivity index (χ0v) is 16.7. The van der Waals surface area contributed by atoms with Gasteiger partial charge < -0.3 is 4.98 Å². The highest BCUT2D eigenvalue weighted by atomic mass is 32.2. The molecule has 0 aromatic carbocycles. The molecule has 3 aromatic rings. The number of hydrogen-bond donors (Lipinski definition) is 1. The van der Waals surface area contributed by atoms with Gasteiger partial charge in [-0.1, -0.05) is 0 Å². The Balaban J connectivity index is 1.67. The highest BCUT2D eigenvalue weighted by Gasteiger charge is 2.52. The van der Waals surface area contributed by atoms with Crippen LogP contribution in [0.4, 0.5) is 0 Å². The van der Waals surface area contributed by atoms with Gasteiger partial charge in [0.1, 0.15) is 17.5 Å². The van der Waals surface area contributed by atoms with E-state index in [1.165, 1.54) is 10.6 Å². The van der Waals surface area contributed by atoms with Gasteiger partial charge in [-0.15, -0.1) is 0 Å². The number of nitrogens with zero attached hydrogens (tertiary/aromatic N) is 6. The summed E-state index contributed by atoms with van der Waals surface area (Å²) in [6.45, 7) is 5.48. The van der Waals surface area contributed by atoms with E-state index in [0.29, 0.717) is 0 Å². The molecule has 0 bridgehead atoms. The summed E-state index contributed by atoms with van der Waals surface area (Å²) >= 11 is 0. The summed E-state index contributed by atoms with van der Waals surface area (Å²) in [6.07, 6.45) is 6.97. The first-order valence-electron chi connectivity index (χ1n) is 8.88. The normalized spacial score (nSPS) is 17.4. The van der Waals surface area contributed by atoms with E-state index in [2.05, 4.69) is 26.1 Å². The number of aromatic amines is 1. The molecule has 28 heavy (non-hydrogen) atoms. The van der Waals surface area contributed by atoms with E-state index in [9.17, 15) is 13.7 Å². The SMILES string of the molecule is CC(C)(C)S(=O)(=O)N1CC(CC#N)(n2cc(-c3ncnc4[nH]ccc34)cn2)C1. The van der Waals surface area contributed by atoms with E-state index < -0.39 is 20.3 Å². The summed E-state index contributed by atoms with van der Waals surface area (Å²) < 4.78 is 27.6. The van der Waals surface area contributed by atoms with Gasteiger partial charge in [-0.25, -0.2) is 18.4 Å². The van der Waals surface area contributed by atoms with Crippen molar-refractivity contribution >= 4 is 21.1 Å². The predicted molar refractivity (Wildman–Crippen MR) is 104 cm³/mol. The van der Waals surface area contributed by atoms with Gasteiger partial charge in [0, 0.05) is 36.4 Å². The largest absolute Gasteiger partial charge is 0.346 e. The Bertz CT molecular complexity index is 1170. The molecule has 0 saturated carbocycles. The lowest BCUT2D eigenvalue weighted by Crippen LogP contribution is -2.66. The van der Waals surface area contributed by atoms with Gasteiger partial charge in [-0.2, -0.15) is 14.7 Å². The van der Waals surface area contributed by atoms with E-state index in [-0.39, 0.29) is 19.5 Å². The first-order valence-corrected chi connectivity index (χ1v) is 10.3. The number of hydrogen-bond acceptors (Lipinski definition) is 6. The molecule has 3 aromatic heterocycles. The molecule has 1 aliphatic rings. The van der Waals surface area contributed by atoms with Gasteiger partial charge in [0.15, 0.2) is 0 Å². The van der Waals surface area contributed by atoms with E-state index in [1.54, 1.807) is 37.8 Å². The number of sulfonamides is 1. The molecule has 1 aliphatic heterocycles. The van der Waals surface area contributed by atoms with Crippen LogP contribution in [0.15, 0.2) is 31.0 Å². The average molecular weight is 399 g/mol. The number of H-pyrrole nitrogens is 1. The Labute approximate surface area is 163 Å². The molecule has 0 amide bonds. The van der Waals surface area contributed by atoms with Crippen LogP contribution in [0.1, 0.15) is 27.2 Å². The Morgan fingerprint density at radius 2 is 2.07 bits per heavy atom. The third-order valence-corrected chi connectivity index (χ3v) is 7.64. The highest BCUT2D eigenvalue weighted by Crippen LogP contribution is 2.38. The Hall–Kier alpha value is -2.77. The van der Waals surface area contributed by atoms with E-state index in [1.807, 2.05) is 12.3 Å². The minimum absolute atomic E-state index is 0.174. The van der Waals surface area contributed by atoms with Crippen LogP contribution in [0.25, 0.3) is 22.3 Å². The lowest BCUT2D eigenvalue weighted by atomic mass is 9.89. The quantitative estimate of drug-likeness (QED) is 0.715. The zero-order chi connectivity index (χ0) is 20.2. The number of rotatable bonds is 4. The molecule has 146 valence electrons. The topological polar surface area (TPSA) is 121 Å². The fourth-order valence-corrected chi connectivity index (χ4v) is 5.05. The third kappa shape index (κ3) is 2.70. The van der Waals surface area contributed by atoms with Crippen molar-refractivity contribution in [2.45, 2.75) is 37.5 Å². The average Bonchev–Trinajstić information content (AvgIpc) is 3.25. The molecule has 4 heterocycles. The molecule has 0 radical (unpaired) electrons. The second kappa shape index (κ2) is 6.12. The molecule has 9 nitrogen and oxygen atoms in total. The Morgan fingerprint density at radius 1 is 1.32 bits per heavy atom. The maximum absolute atomic E-state index is 12.7. The standard InChI is InChI=1S/C18H21N7O2S/c1-17(2,3)28(26,27)24-10-18(11-24,5-6-19)25-9-13(8-23-25)15-14-4-7-20-16(14)22-12-21-15/h4,7-9,12H,5,10-11H2,1-3H3,(H,20,21,22). The highest BCUT2D eigenvalue weighted by molar-refractivity contribution is 7.90. The first kappa shape index (κ1) is 18.6. The van der Waals surface area contributed by atoms with Crippen molar-refractivity contribution in [2.24, 2.45) is 0 Å². The van der Waals surface area contributed by atoms with Crippen LogP contribution >= 0.6 is 0 Å². The zero-order valence-electron chi connectivity index (χ0n) is 15.9. The molecule has 0 spiro atoms. The summed E-state index contributed by atoms with van der Waals surface area (Å²) in [5.41, 5.74) is 1.59. The number of fused-ring (bicyclic) bond motifs is 1. The van der Waals surface area contributed by atoms with Crippen LogP contribution in [0.2, 0.25) is 0 Å². The number of nitrogens with one attached hydrogen (secondary N) is 1. The van der Waals surface area contributed by atoms with Gasteiger partial charge in [-0.05, 0) is 26.8 Å². The van der Waals surface area contributed by atoms with Crippen molar-refractivity contribution in [2.75, 3.05) is 13.1 Å². The Kier molecular flexibility index (Phi) is 4.06. The second-order valence-electron chi connectivity index (χ2n) is 8.08. The molecule has 0 atom stereocenters. The van der Waals surface area contributed by atoms with Crippen LogP contribution in [0.3, 0.4) is 0 Å². The van der Waals surface area contributed by atoms with Crippen LogP contribution in [-0.2, 0) is 15.6 Å². The molecule has 1 N–H and O–H groups in total. The van der Waals surface area contributed by atoms with Crippen molar-refractivity contribution in [1.29, 1.82) is 5.26 Å². The van der Waals surface area contributed by atoms with E-state index >= 15 is 0 Å². The fourth-order valence-electron chi connectivity index (χ4n) is 3.46. The van der Waals surface area contributed by atoms with Gasteiger partial charge >= 0.3 is 0 Å². The molecule has 4 rings (SSSR count). The van der Waals surface area contributed by atoms with Crippen LogP contribution < -0.4 is 0 Å². The molecule has 1 fully saturated rings. The lowest BCUT2D eigenvalue weighted by molar-refractivity contribution is 0.0699. The van der Waals surface area contributed by atoms with Crippen LogP contribution in [0, 0.1) is 11.3 Å². The maximum atomic E-state index is 12.7. The third-order valence-electron chi connectivity index (χ3n) is 5.16. The minimum Gasteiger partial charge on any atom is -0.346 e. The molecular formula is C18H21N7O2S. The lowest BCUT2D eigenvalue weighted by Gasteiger charge is -2.49. The summed E-state index contributed by atoms with van der Waals surface area (Å²) in [5.74, 6) is 0. The minimum atomic E-state index is -3.45. The smallest absolute Gasteiger partial charge is 0.219 e. The van der Waals surface area contributed by atoms with Crippen LogP contribution in [0.5, 0.6) is 0 Å². The molecule has 0 aliphatic carbocycles. The van der Waals surface area contributed by atoms with Crippen molar-refractivity contribution in [1.82, 2.24) is 29.0 Å². The summed E-state index contributed by atoms with van der Waals surface area (Å²) in [6, 6.07) is 4.08. The number of nitriles is 1. The summed E-state index contributed by atoms with van der Waals surface area (Å²) in [5, 5.41) is 14.7. The fraction of sp³-hybridized carbons (Fsp3) is 0.444. The molecule has 1 saturated heterocycles. The predicted octanol–water partition coefficient (Wildman–Crippen LogP) is 1.87. The Morgan fingerprint density at radius 3 is 2.75 bits per heavy atom. The monoisotopic (exact) mass is 399 g/mol. The van der Waals surface area contributed by atoms with Crippen molar-refractivity contribution in [3.8, 4) is 17.3 Å². The van der Waals surface area contributed by atoms with E-state index in [4.69, 9.17) is 0 Å². The van der Waals surface area contributed by atoms with Gasteiger partial charge in [0.25, 0.3) is 0 Å². The van der Waals surface area contributed by atoms with Gasteiger partial charge in [0.2, 0.25) is 10.0 Å². The first-order chi connectivity index (χ1) is 13.2. The van der Waals surface area contributed by atoms with Crippen molar-refractivity contribution < 1.29 is 8.42 Å². The molecule has 0 unspecified atom stereocenters. The second-order valence-corrected chi connectivity index (χ2v) is 10.8. The van der Waals surface area contributed by atoms with Crippen LogP contribution in [-0.4, -0.2) is 55.3 Å². The van der Waals surface area contributed by atoms with Crippen molar-refractivity contribution in [3.63, 3.8) is 0 Å². The van der Waals surface area contributed by atoms with E-state index in [0.717, 1.165) is 22.3 Å². The van der Waals surface area contributed by atoms with Gasteiger partial charge in [-0.3, -0.25) is 4.68 Å². The molecule has 10 heteroatoms. The summed E-state index contributed by atoms with van der Waals surface area (Å²) in [4.78, 5) is 11.6. The summed E-state index contributed by atoms with van der Waals surface area (Å²) in [7, 11) is -3.45. The molecular weight excluding hydrogens is 378 g/mol.